The first-order valence-corrected chi connectivity index (χ1v) is 8.38. The van der Waals surface area contributed by atoms with Crippen LogP contribution in [0.25, 0.3) is 0 Å². The maximum atomic E-state index is 12.7. The molecule has 3 aromatic rings. The molecule has 1 aliphatic heterocycles. The van der Waals surface area contributed by atoms with Gasteiger partial charge in [0.25, 0.3) is 5.91 Å². The van der Waals surface area contributed by atoms with E-state index in [0.717, 1.165) is 24.4 Å². The van der Waals surface area contributed by atoms with Crippen LogP contribution in [0.2, 0.25) is 0 Å². The molecule has 1 amide bonds. The second-order valence-electron chi connectivity index (χ2n) is 6.13. The molecule has 2 heterocycles. The molecule has 1 aliphatic rings. The monoisotopic (exact) mass is 333 g/mol. The summed E-state index contributed by atoms with van der Waals surface area (Å²) >= 11 is 0. The molecule has 5 heteroatoms. The van der Waals surface area contributed by atoms with Crippen LogP contribution in [-0.4, -0.2) is 27.5 Å². The van der Waals surface area contributed by atoms with Crippen molar-refractivity contribution in [3.8, 4) is 5.75 Å². The molecule has 0 bridgehead atoms. The molecule has 2 aromatic carbocycles. The van der Waals surface area contributed by atoms with E-state index >= 15 is 0 Å². The molecule has 25 heavy (non-hydrogen) atoms. The Hall–Kier alpha value is -3.08. The Balaban J connectivity index is 1.41. The van der Waals surface area contributed by atoms with E-state index in [1.807, 2.05) is 47.4 Å². The lowest BCUT2D eigenvalue weighted by Crippen LogP contribution is -2.36. The minimum absolute atomic E-state index is 0.0447. The van der Waals surface area contributed by atoms with Gasteiger partial charge in [0.05, 0.1) is 5.69 Å². The van der Waals surface area contributed by atoms with Crippen LogP contribution >= 0.6 is 0 Å². The lowest BCUT2D eigenvalue weighted by atomic mass is 10.00. The van der Waals surface area contributed by atoms with Crippen molar-refractivity contribution in [2.24, 2.45) is 0 Å². The van der Waals surface area contributed by atoms with Crippen LogP contribution in [0.4, 0.5) is 0 Å². The van der Waals surface area contributed by atoms with Gasteiger partial charge in [-0.2, -0.15) is 5.10 Å². The third kappa shape index (κ3) is 3.40. The van der Waals surface area contributed by atoms with Crippen molar-refractivity contribution in [3.63, 3.8) is 0 Å². The van der Waals surface area contributed by atoms with Gasteiger partial charge in [0, 0.05) is 13.1 Å². The SMILES string of the molecule is O=C(c1cc(COc2ccccc2)[nH]n1)N1CCc2ccccc2C1. The maximum Gasteiger partial charge on any atom is 0.274 e. The number of aromatic amines is 1. The van der Waals surface area contributed by atoms with Gasteiger partial charge in [0.1, 0.15) is 12.4 Å². The van der Waals surface area contributed by atoms with Crippen molar-refractivity contribution in [2.75, 3.05) is 6.54 Å². The quantitative estimate of drug-likeness (QED) is 0.798. The zero-order chi connectivity index (χ0) is 17.1. The zero-order valence-electron chi connectivity index (χ0n) is 13.8. The highest BCUT2D eigenvalue weighted by atomic mass is 16.5. The Bertz CT molecular complexity index is 873. The fourth-order valence-electron chi connectivity index (χ4n) is 3.05. The van der Waals surface area contributed by atoms with Gasteiger partial charge in [0.15, 0.2) is 5.69 Å². The Morgan fingerprint density at radius 3 is 2.68 bits per heavy atom. The van der Waals surface area contributed by atoms with Crippen molar-refractivity contribution in [1.29, 1.82) is 0 Å². The Kier molecular flexibility index (Phi) is 4.21. The number of hydrogen-bond donors (Lipinski definition) is 1. The summed E-state index contributed by atoms with van der Waals surface area (Å²) in [7, 11) is 0. The first-order valence-electron chi connectivity index (χ1n) is 8.38. The number of hydrogen-bond acceptors (Lipinski definition) is 3. The maximum absolute atomic E-state index is 12.7. The number of ether oxygens (including phenoxy) is 1. The molecule has 5 nitrogen and oxygen atoms in total. The second kappa shape index (κ2) is 6.81. The fourth-order valence-corrected chi connectivity index (χ4v) is 3.05. The molecule has 126 valence electrons. The normalized spacial score (nSPS) is 13.4. The van der Waals surface area contributed by atoms with E-state index in [2.05, 4.69) is 22.3 Å². The van der Waals surface area contributed by atoms with Crippen LogP contribution in [0, 0.1) is 0 Å². The number of nitrogens with zero attached hydrogens (tertiary/aromatic N) is 2. The summed E-state index contributed by atoms with van der Waals surface area (Å²) in [5.74, 6) is 0.745. The lowest BCUT2D eigenvalue weighted by molar-refractivity contribution is 0.0728. The number of aromatic nitrogens is 2. The highest BCUT2D eigenvalue weighted by molar-refractivity contribution is 5.92. The third-order valence-corrected chi connectivity index (χ3v) is 4.41. The van der Waals surface area contributed by atoms with E-state index in [9.17, 15) is 4.79 Å². The highest BCUT2D eigenvalue weighted by Gasteiger charge is 2.23. The molecule has 0 unspecified atom stereocenters. The van der Waals surface area contributed by atoms with Crippen LogP contribution in [0.3, 0.4) is 0 Å². The standard InChI is InChI=1S/C20H19N3O2/c24-20(23-11-10-15-6-4-5-7-16(15)13-23)19-12-17(21-22-19)14-25-18-8-2-1-3-9-18/h1-9,12H,10-11,13-14H2,(H,21,22). The van der Waals surface area contributed by atoms with E-state index in [1.165, 1.54) is 11.1 Å². The van der Waals surface area contributed by atoms with Gasteiger partial charge in [-0.3, -0.25) is 9.89 Å². The number of carbonyl (C=O) groups is 1. The second-order valence-corrected chi connectivity index (χ2v) is 6.13. The summed E-state index contributed by atoms with van der Waals surface area (Å²) in [5, 5.41) is 7.06. The van der Waals surface area contributed by atoms with Gasteiger partial charge < -0.3 is 9.64 Å². The minimum atomic E-state index is -0.0447. The van der Waals surface area contributed by atoms with Crippen molar-refractivity contribution < 1.29 is 9.53 Å². The molecule has 0 saturated carbocycles. The van der Waals surface area contributed by atoms with Gasteiger partial charge in [-0.1, -0.05) is 42.5 Å². The molecule has 1 aromatic heterocycles. The Morgan fingerprint density at radius 1 is 1.08 bits per heavy atom. The summed E-state index contributed by atoms with van der Waals surface area (Å²) in [6.45, 7) is 1.71. The largest absolute Gasteiger partial charge is 0.487 e. The molecule has 0 spiro atoms. The van der Waals surface area contributed by atoms with Crippen LogP contribution in [-0.2, 0) is 19.6 Å². The van der Waals surface area contributed by atoms with Crippen LogP contribution < -0.4 is 4.74 Å². The number of para-hydroxylation sites is 1. The number of amides is 1. The number of benzene rings is 2. The van der Waals surface area contributed by atoms with Gasteiger partial charge in [-0.25, -0.2) is 0 Å². The molecule has 0 saturated heterocycles. The van der Waals surface area contributed by atoms with Crippen LogP contribution in [0.5, 0.6) is 5.75 Å². The molecule has 1 N–H and O–H groups in total. The van der Waals surface area contributed by atoms with Gasteiger partial charge in [-0.15, -0.1) is 0 Å². The highest BCUT2D eigenvalue weighted by Crippen LogP contribution is 2.20. The van der Waals surface area contributed by atoms with Crippen molar-refractivity contribution >= 4 is 5.91 Å². The van der Waals surface area contributed by atoms with E-state index in [4.69, 9.17) is 4.74 Å². The minimum Gasteiger partial charge on any atom is -0.487 e. The first kappa shape index (κ1) is 15.4. The van der Waals surface area contributed by atoms with Crippen molar-refractivity contribution in [1.82, 2.24) is 15.1 Å². The van der Waals surface area contributed by atoms with E-state index in [1.54, 1.807) is 6.07 Å². The van der Waals surface area contributed by atoms with Gasteiger partial charge >= 0.3 is 0 Å². The average Bonchev–Trinajstić information content (AvgIpc) is 3.15. The lowest BCUT2D eigenvalue weighted by Gasteiger charge is -2.28. The van der Waals surface area contributed by atoms with Crippen LogP contribution in [0.15, 0.2) is 60.7 Å². The Labute approximate surface area is 146 Å². The summed E-state index contributed by atoms with van der Waals surface area (Å²) in [5.41, 5.74) is 3.76. The topological polar surface area (TPSA) is 58.2 Å². The molecular formula is C20H19N3O2. The van der Waals surface area contributed by atoms with Crippen LogP contribution in [0.1, 0.15) is 27.3 Å². The van der Waals surface area contributed by atoms with E-state index < -0.39 is 0 Å². The fraction of sp³-hybridized carbons (Fsp3) is 0.200. The number of rotatable bonds is 4. The molecular weight excluding hydrogens is 314 g/mol. The van der Waals surface area contributed by atoms with Crippen molar-refractivity contribution in [3.05, 3.63) is 83.2 Å². The van der Waals surface area contributed by atoms with Crippen molar-refractivity contribution in [2.45, 2.75) is 19.6 Å². The Morgan fingerprint density at radius 2 is 1.84 bits per heavy atom. The van der Waals surface area contributed by atoms with Gasteiger partial charge in [0.2, 0.25) is 0 Å². The first-order chi connectivity index (χ1) is 12.3. The molecule has 0 fully saturated rings. The van der Waals surface area contributed by atoms with E-state index in [0.29, 0.717) is 18.8 Å². The summed E-state index contributed by atoms with van der Waals surface area (Å²) in [6, 6.07) is 19.6. The molecule has 0 aliphatic carbocycles. The number of fused-ring (bicyclic) bond motifs is 1. The zero-order valence-corrected chi connectivity index (χ0v) is 13.8. The predicted octanol–water partition coefficient (Wildman–Crippen LogP) is 3.19. The molecule has 4 rings (SSSR count). The van der Waals surface area contributed by atoms with E-state index in [-0.39, 0.29) is 5.91 Å². The average molecular weight is 333 g/mol. The smallest absolute Gasteiger partial charge is 0.274 e. The number of H-pyrrole nitrogens is 1. The molecule has 0 atom stereocenters. The summed E-state index contributed by atoms with van der Waals surface area (Å²) in [6.07, 6.45) is 0.885. The van der Waals surface area contributed by atoms with Gasteiger partial charge in [-0.05, 0) is 35.7 Å². The summed E-state index contributed by atoms with van der Waals surface area (Å²) in [4.78, 5) is 14.5. The predicted molar refractivity (Wildman–Crippen MR) is 94.2 cm³/mol. The number of nitrogens with one attached hydrogen (secondary N) is 1. The third-order valence-electron chi connectivity index (χ3n) is 4.41. The number of carbonyl (C=O) groups excluding carboxylic acids is 1. The molecule has 0 radical (unpaired) electrons. The summed E-state index contributed by atoms with van der Waals surface area (Å²) < 4.78 is 5.68.